The molecular formula is C31H18ClN3O. The molecule has 0 bridgehead atoms. The molecule has 0 unspecified atom stereocenters. The van der Waals surface area contributed by atoms with Crippen LogP contribution < -0.4 is 0 Å². The average Bonchev–Trinajstić information content (AvgIpc) is 3.33. The molecule has 2 heterocycles. The summed E-state index contributed by atoms with van der Waals surface area (Å²) in [5.41, 5.74) is 4.09. The van der Waals surface area contributed by atoms with Crippen LogP contribution in [0.5, 0.6) is 0 Å². The zero-order valence-corrected chi connectivity index (χ0v) is 19.8. The number of hydrogen-bond donors (Lipinski definition) is 0. The van der Waals surface area contributed by atoms with E-state index in [4.69, 9.17) is 31.0 Å². The highest BCUT2D eigenvalue weighted by molar-refractivity contribution is 6.40. The Bertz CT molecular complexity index is 1910. The van der Waals surface area contributed by atoms with Crippen LogP contribution in [0.2, 0.25) is 5.02 Å². The highest BCUT2D eigenvalue weighted by Gasteiger charge is 2.18. The predicted molar refractivity (Wildman–Crippen MR) is 146 cm³/mol. The van der Waals surface area contributed by atoms with Gasteiger partial charge in [0.15, 0.2) is 17.5 Å². The van der Waals surface area contributed by atoms with Gasteiger partial charge in [0.1, 0.15) is 11.2 Å². The molecule has 7 aromatic rings. The van der Waals surface area contributed by atoms with Crippen LogP contribution in [0.1, 0.15) is 0 Å². The Labute approximate surface area is 211 Å². The summed E-state index contributed by atoms with van der Waals surface area (Å²) in [4.78, 5) is 14.6. The van der Waals surface area contributed by atoms with Gasteiger partial charge in [-0.15, -0.1) is 0 Å². The molecule has 2 aromatic heterocycles. The summed E-state index contributed by atoms with van der Waals surface area (Å²) in [6.45, 7) is 0. The van der Waals surface area contributed by atoms with E-state index >= 15 is 0 Å². The Morgan fingerprint density at radius 2 is 1.22 bits per heavy atom. The van der Waals surface area contributed by atoms with Gasteiger partial charge in [-0.2, -0.15) is 0 Å². The van der Waals surface area contributed by atoms with E-state index in [2.05, 4.69) is 24.3 Å². The van der Waals surface area contributed by atoms with Gasteiger partial charge in [-0.3, -0.25) is 0 Å². The lowest BCUT2D eigenvalue weighted by molar-refractivity contribution is 0.669. The summed E-state index contributed by atoms with van der Waals surface area (Å²) in [6.07, 6.45) is 0. The van der Waals surface area contributed by atoms with Crippen LogP contribution in [-0.4, -0.2) is 15.0 Å². The van der Waals surface area contributed by atoms with E-state index in [1.807, 2.05) is 84.9 Å². The highest BCUT2D eigenvalue weighted by Crippen LogP contribution is 2.39. The summed E-state index contributed by atoms with van der Waals surface area (Å²) in [5.74, 6) is 1.71. The minimum absolute atomic E-state index is 0.518. The average molecular weight is 484 g/mol. The third-order valence-electron chi connectivity index (χ3n) is 6.40. The zero-order valence-electron chi connectivity index (χ0n) is 19.0. The molecule has 0 spiro atoms. The van der Waals surface area contributed by atoms with Gasteiger partial charge in [-0.1, -0.05) is 96.5 Å². The van der Waals surface area contributed by atoms with Crippen molar-refractivity contribution in [3.63, 3.8) is 0 Å². The molecule has 0 aliphatic rings. The Kier molecular flexibility index (Phi) is 4.79. The fraction of sp³-hybridized carbons (Fsp3) is 0. The summed E-state index contributed by atoms with van der Waals surface area (Å²) < 4.78 is 6.01. The van der Waals surface area contributed by atoms with Crippen LogP contribution in [0.15, 0.2) is 114 Å². The van der Waals surface area contributed by atoms with E-state index in [9.17, 15) is 0 Å². The van der Waals surface area contributed by atoms with Gasteiger partial charge >= 0.3 is 0 Å². The lowest BCUT2D eigenvalue weighted by Gasteiger charge is -2.10. The monoisotopic (exact) mass is 483 g/mol. The number of para-hydroxylation sites is 1. The molecule has 7 rings (SSSR count). The highest BCUT2D eigenvalue weighted by atomic mass is 35.5. The van der Waals surface area contributed by atoms with Gasteiger partial charge < -0.3 is 4.42 Å². The van der Waals surface area contributed by atoms with Crippen molar-refractivity contribution >= 4 is 44.3 Å². The number of hydrogen-bond acceptors (Lipinski definition) is 4. The maximum Gasteiger partial charge on any atom is 0.165 e. The van der Waals surface area contributed by atoms with E-state index in [1.54, 1.807) is 0 Å². The summed E-state index contributed by atoms with van der Waals surface area (Å²) in [5, 5.41) is 4.68. The van der Waals surface area contributed by atoms with Crippen molar-refractivity contribution in [1.82, 2.24) is 15.0 Å². The molecule has 0 aliphatic carbocycles. The number of furan rings is 1. The van der Waals surface area contributed by atoms with Crippen molar-refractivity contribution in [3.05, 3.63) is 114 Å². The van der Waals surface area contributed by atoms with E-state index in [0.717, 1.165) is 44.0 Å². The van der Waals surface area contributed by atoms with E-state index in [0.29, 0.717) is 22.5 Å². The summed E-state index contributed by atoms with van der Waals surface area (Å²) >= 11 is 7.01. The quantitative estimate of drug-likeness (QED) is 0.252. The summed E-state index contributed by atoms with van der Waals surface area (Å²) in [7, 11) is 0. The molecule has 0 saturated heterocycles. The second-order valence-electron chi connectivity index (χ2n) is 8.63. The maximum absolute atomic E-state index is 7.01. The van der Waals surface area contributed by atoms with Crippen LogP contribution in [0.25, 0.3) is 66.9 Å². The topological polar surface area (TPSA) is 51.8 Å². The normalized spacial score (nSPS) is 11.5. The third-order valence-corrected chi connectivity index (χ3v) is 6.79. The van der Waals surface area contributed by atoms with Crippen molar-refractivity contribution in [2.24, 2.45) is 0 Å². The first-order valence-electron chi connectivity index (χ1n) is 11.7. The van der Waals surface area contributed by atoms with Crippen molar-refractivity contribution in [2.45, 2.75) is 0 Å². The Hall–Kier alpha value is -4.54. The van der Waals surface area contributed by atoms with Gasteiger partial charge in [-0.25, -0.2) is 15.0 Å². The van der Waals surface area contributed by atoms with Crippen molar-refractivity contribution in [2.75, 3.05) is 0 Å². The minimum Gasteiger partial charge on any atom is -0.456 e. The zero-order chi connectivity index (χ0) is 24.1. The number of nitrogens with zero attached hydrogens (tertiary/aromatic N) is 3. The van der Waals surface area contributed by atoms with Gasteiger partial charge in [0.25, 0.3) is 0 Å². The molecular weight excluding hydrogens is 466 g/mol. The second kappa shape index (κ2) is 8.29. The van der Waals surface area contributed by atoms with Crippen LogP contribution in [0, 0.1) is 0 Å². The molecule has 0 N–H and O–H groups in total. The first-order valence-corrected chi connectivity index (χ1v) is 12.0. The third kappa shape index (κ3) is 3.43. The molecule has 170 valence electrons. The van der Waals surface area contributed by atoms with E-state index in [1.165, 1.54) is 5.39 Å². The molecule has 5 heteroatoms. The summed E-state index contributed by atoms with van der Waals surface area (Å²) in [6, 6.07) is 36.2. The number of benzene rings is 5. The van der Waals surface area contributed by atoms with Crippen molar-refractivity contribution in [3.8, 4) is 34.2 Å². The SMILES string of the molecule is Clc1c(-c2nc(-c3ccccc3)nc(-c3ccc4ccccc4c3)n2)ccc2oc3ccccc3c12. The fourth-order valence-corrected chi connectivity index (χ4v) is 4.96. The largest absolute Gasteiger partial charge is 0.456 e. The van der Waals surface area contributed by atoms with Gasteiger partial charge in [0.05, 0.1) is 5.02 Å². The predicted octanol–water partition coefficient (Wildman–Crippen LogP) is 8.58. The Morgan fingerprint density at radius 1 is 0.528 bits per heavy atom. The van der Waals surface area contributed by atoms with Gasteiger partial charge in [0.2, 0.25) is 0 Å². The molecule has 0 fully saturated rings. The molecule has 5 aromatic carbocycles. The van der Waals surface area contributed by atoms with Crippen LogP contribution in [0.3, 0.4) is 0 Å². The Balaban J connectivity index is 1.48. The molecule has 4 nitrogen and oxygen atoms in total. The van der Waals surface area contributed by atoms with Crippen LogP contribution in [-0.2, 0) is 0 Å². The fourth-order valence-electron chi connectivity index (χ4n) is 4.62. The van der Waals surface area contributed by atoms with Crippen molar-refractivity contribution < 1.29 is 4.42 Å². The molecule has 36 heavy (non-hydrogen) atoms. The lowest BCUT2D eigenvalue weighted by atomic mass is 10.1. The number of rotatable bonds is 3. The minimum atomic E-state index is 0.518. The Morgan fingerprint density at radius 3 is 2.08 bits per heavy atom. The number of fused-ring (bicyclic) bond motifs is 4. The second-order valence-corrected chi connectivity index (χ2v) is 9.01. The number of aromatic nitrogens is 3. The lowest BCUT2D eigenvalue weighted by Crippen LogP contribution is -2.00. The first-order chi connectivity index (χ1) is 17.7. The molecule has 0 atom stereocenters. The van der Waals surface area contributed by atoms with E-state index < -0.39 is 0 Å². The molecule has 0 saturated carbocycles. The van der Waals surface area contributed by atoms with Crippen LogP contribution in [0.4, 0.5) is 0 Å². The molecule has 0 amide bonds. The van der Waals surface area contributed by atoms with Crippen LogP contribution >= 0.6 is 11.6 Å². The molecule has 0 aliphatic heterocycles. The first kappa shape index (κ1) is 20.8. The van der Waals surface area contributed by atoms with E-state index in [-0.39, 0.29) is 0 Å². The number of halogens is 1. The van der Waals surface area contributed by atoms with Gasteiger partial charge in [-0.05, 0) is 35.0 Å². The maximum atomic E-state index is 7.01. The van der Waals surface area contributed by atoms with Gasteiger partial charge in [0, 0.05) is 27.5 Å². The molecule has 0 radical (unpaired) electrons. The standard InChI is InChI=1S/C31H18ClN3O/c32-28-24(16-17-26-27(28)23-12-6-7-13-25(23)36-26)31-34-29(20-9-2-1-3-10-20)33-30(35-31)22-15-14-19-8-4-5-11-21(19)18-22/h1-18H. The van der Waals surface area contributed by atoms with Crippen molar-refractivity contribution in [1.29, 1.82) is 0 Å². The smallest absolute Gasteiger partial charge is 0.165 e.